The van der Waals surface area contributed by atoms with E-state index >= 15 is 0 Å². The van der Waals surface area contributed by atoms with Gasteiger partial charge in [-0.1, -0.05) is 29.8 Å². The third kappa shape index (κ3) is 3.52. The van der Waals surface area contributed by atoms with Gasteiger partial charge in [0.25, 0.3) is 5.92 Å². The fourth-order valence-electron chi connectivity index (χ4n) is 2.68. The van der Waals surface area contributed by atoms with Gasteiger partial charge in [-0.25, -0.2) is 8.78 Å². The van der Waals surface area contributed by atoms with Gasteiger partial charge >= 0.3 is 0 Å². The van der Waals surface area contributed by atoms with Crippen molar-refractivity contribution < 1.29 is 8.78 Å². The normalized spacial score (nSPS) is 21.6. The van der Waals surface area contributed by atoms with Crippen LogP contribution >= 0.6 is 0 Å². The zero-order valence-electron chi connectivity index (χ0n) is 10.9. The van der Waals surface area contributed by atoms with Gasteiger partial charge < -0.3 is 5.32 Å². The first-order chi connectivity index (χ1) is 8.58. The standard InChI is InChI=1S/C15H21F2N/c1-12-4-2-5-13(10-12)11-15(16,17)14-6-3-8-18-9-7-14/h2,4-5,10,14,18H,3,6-9,11H2,1H3. The molecule has 0 aliphatic carbocycles. The second kappa shape index (κ2) is 5.79. The average molecular weight is 253 g/mol. The molecule has 0 bridgehead atoms. The molecule has 2 rings (SSSR count). The van der Waals surface area contributed by atoms with Gasteiger partial charge in [-0.2, -0.15) is 0 Å². The molecule has 1 aliphatic heterocycles. The van der Waals surface area contributed by atoms with Crippen molar-refractivity contribution in [3.63, 3.8) is 0 Å². The first kappa shape index (κ1) is 13.5. The molecule has 1 saturated heterocycles. The highest BCUT2D eigenvalue weighted by molar-refractivity contribution is 5.23. The zero-order valence-corrected chi connectivity index (χ0v) is 10.9. The summed E-state index contributed by atoms with van der Waals surface area (Å²) < 4.78 is 28.6. The maximum Gasteiger partial charge on any atom is 0.254 e. The van der Waals surface area contributed by atoms with E-state index in [4.69, 9.17) is 0 Å². The minimum absolute atomic E-state index is 0.126. The molecular weight excluding hydrogens is 232 g/mol. The van der Waals surface area contributed by atoms with Crippen LogP contribution in [0.15, 0.2) is 24.3 Å². The van der Waals surface area contributed by atoms with Gasteiger partial charge in [0, 0.05) is 12.3 Å². The van der Waals surface area contributed by atoms with Crippen LogP contribution in [0.1, 0.15) is 30.4 Å². The number of aryl methyl sites for hydroxylation is 1. The molecule has 1 aliphatic rings. The lowest BCUT2D eigenvalue weighted by molar-refractivity contribution is -0.0616. The molecular formula is C15H21F2N. The summed E-state index contributed by atoms with van der Waals surface area (Å²) in [7, 11) is 0. The Balaban J connectivity index is 2.05. The molecule has 0 spiro atoms. The molecule has 3 heteroatoms. The fraction of sp³-hybridized carbons (Fsp3) is 0.600. The Bertz CT molecular complexity index is 382. The van der Waals surface area contributed by atoms with E-state index in [1.807, 2.05) is 25.1 Å². The smallest absolute Gasteiger partial charge is 0.254 e. The third-order valence-electron chi connectivity index (χ3n) is 3.70. The summed E-state index contributed by atoms with van der Waals surface area (Å²) >= 11 is 0. The van der Waals surface area contributed by atoms with Gasteiger partial charge in [0.2, 0.25) is 0 Å². The van der Waals surface area contributed by atoms with Crippen LogP contribution in [0.25, 0.3) is 0 Å². The van der Waals surface area contributed by atoms with Gasteiger partial charge in [0.15, 0.2) is 0 Å². The van der Waals surface area contributed by atoms with Gasteiger partial charge in [0.05, 0.1) is 0 Å². The maximum atomic E-state index is 14.3. The van der Waals surface area contributed by atoms with Crippen molar-refractivity contribution >= 4 is 0 Å². The Hall–Kier alpha value is -0.960. The molecule has 1 N–H and O–H groups in total. The molecule has 1 aromatic carbocycles. The van der Waals surface area contributed by atoms with Crippen LogP contribution in [-0.4, -0.2) is 19.0 Å². The molecule has 1 heterocycles. The lowest BCUT2D eigenvalue weighted by Gasteiger charge is -2.26. The van der Waals surface area contributed by atoms with Crippen molar-refractivity contribution in [2.45, 2.75) is 38.5 Å². The van der Waals surface area contributed by atoms with Crippen LogP contribution in [-0.2, 0) is 6.42 Å². The van der Waals surface area contributed by atoms with Crippen molar-refractivity contribution in [3.05, 3.63) is 35.4 Å². The number of halogens is 2. The Morgan fingerprint density at radius 3 is 2.89 bits per heavy atom. The predicted octanol–water partition coefficient (Wildman–Crippen LogP) is 3.56. The molecule has 1 unspecified atom stereocenters. The van der Waals surface area contributed by atoms with Crippen molar-refractivity contribution in [2.24, 2.45) is 5.92 Å². The second-order valence-corrected chi connectivity index (χ2v) is 5.30. The molecule has 100 valence electrons. The SMILES string of the molecule is Cc1cccc(CC(F)(F)C2CCCNCC2)c1. The van der Waals surface area contributed by atoms with E-state index in [-0.39, 0.29) is 6.42 Å². The average Bonchev–Trinajstić information content (AvgIpc) is 2.57. The van der Waals surface area contributed by atoms with E-state index in [0.29, 0.717) is 19.4 Å². The van der Waals surface area contributed by atoms with Gasteiger partial charge in [-0.05, 0) is 44.8 Å². The Labute approximate surface area is 108 Å². The highest BCUT2D eigenvalue weighted by Crippen LogP contribution is 2.35. The summed E-state index contributed by atoms with van der Waals surface area (Å²) in [5, 5.41) is 3.19. The monoisotopic (exact) mass is 253 g/mol. The van der Waals surface area contributed by atoms with Crippen LogP contribution in [0.4, 0.5) is 8.78 Å². The van der Waals surface area contributed by atoms with Gasteiger partial charge in [-0.15, -0.1) is 0 Å². The molecule has 0 radical (unpaired) electrons. The van der Waals surface area contributed by atoms with Gasteiger partial charge in [0.1, 0.15) is 0 Å². The second-order valence-electron chi connectivity index (χ2n) is 5.30. The van der Waals surface area contributed by atoms with E-state index < -0.39 is 11.8 Å². The molecule has 1 fully saturated rings. The van der Waals surface area contributed by atoms with E-state index in [1.165, 1.54) is 0 Å². The molecule has 1 aromatic rings. The molecule has 0 amide bonds. The molecule has 1 atom stereocenters. The van der Waals surface area contributed by atoms with E-state index in [1.54, 1.807) is 6.07 Å². The van der Waals surface area contributed by atoms with E-state index in [2.05, 4.69) is 5.32 Å². The summed E-state index contributed by atoms with van der Waals surface area (Å²) in [4.78, 5) is 0. The largest absolute Gasteiger partial charge is 0.317 e. The number of hydrogen-bond donors (Lipinski definition) is 1. The topological polar surface area (TPSA) is 12.0 Å². The Morgan fingerprint density at radius 2 is 2.11 bits per heavy atom. The summed E-state index contributed by atoms with van der Waals surface area (Å²) in [5.74, 6) is -3.06. The quantitative estimate of drug-likeness (QED) is 0.868. The predicted molar refractivity (Wildman–Crippen MR) is 70.0 cm³/mol. The van der Waals surface area contributed by atoms with Crippen LogP contribution in [0.3, 0.4) is 0 Å². The minimum Gasteiger partial charge on any atom is -0.317 e. The molecule has 18 heavy (non-hydrogen) atoms. The minimum atomic E-state index is -2.58. The van der Waals surface area contributed by atoms with Crippen LogP contribution in [0, 0.1) is 12.8 Å². The number of alkyl halides is 2. The number of hydrogen-bond acceptors (Lipinski definition) is 1. The van der Waals surface area contributed by atoms with Crippen molar-refractivity contribution in [2.75, 3.05) is 13.1 Å². The highest BCUT2D eigenvalue weighted by atomic mass is 19.3. The fourth-order valence-corrected chi connectivity index (χ4v) is 2.68. The maximum absolute atomic E-state index is 14.3. The van der Waals surface area contributed by atoms with Crippen LogP contribution in [0.5, 0.6) is 0 Å². The summed E-state index contributed by atoms with van der Waals surface area (Å²) in [5.41, 5.74) is 1.79. The van der Waals surface area contributed by atoms with Crippen molar-refractivity contribution in [1.29, 1.82) is 0 Å². The summed E-state index contributed by atoms with van der Waals surface area (Å²) in [6.07, 6.45) is 1.94. The lowest BCUT2D eigenvalue weighted by Crippen LogP contribution is -2.31. The molecule has 1 nitrogen and oxygen atoms in total. The number of benzene rings is 1. The van der Waals surface area contributed by atoms with E-state index in [9.17, 15) is 8.78 Å². The van der Waals surface area contributed by atoms with Crippen molar-refractivity contribution in [3.8, 4) is 0 Å². The Morgan fingerprint density at radius 1 is 1.28 bits per heavy atom. The summed E-state index contributed by atoms with van der Waals surface area (Å²) in [6.45, 7) is 3.53. The zero-order chi connectivity index (χ0) is 13.0. The first-order valence-corrected chi connectivity index (χ1v) is 6.72. The van der Waals surface area contributed by atoms with E-state index in [0.717, 1.165) is 24.1 Å². The first-order valence-electron chi connectivity index (χ1n) is 6.72. The summed E-state index contributed by atoms with van der Waals surface area (Å²) in [6, 6.07) is 7.46. The number of rotatable bonds is 3. The van der Waals surface area contributed by atoms with Crippen LogP contribution < -0.4 is 5.32 Å². The number of nitrogens with one attached hydrogen (secondary N) is 1. The Kier molecular flexibility index (Phi) is 4.33. The van der Waals surface area contributed by atoms with Crippen molar-refractivity contribution in [1.82, 2.24) is 5.32 Å². The van der Waals surface area contributed by atoms with Gasteiger partial charge in [-0.3, -0.25) is 0 Å². The lowest BCUT2D eigenvalue weighted by atomic mass is 9.89. The van der Waals surface area contributed by atoms with Crippen LogP contribution in [0.2, 0.25) is 0 Å². The molecule has 0 aromatic heterocycles. The molecule has 0 saturated carbocycles. The highest BCUT2D eigenvalue weighted by Gasteiger charge is 2.39. The third-order valence-corrected chi connectivity index (χ3v) is 3.70.